The maximum absolute atomic E-state index is 5.27. The normalized spacial score (nSPS) is 17.9. The predicted octanol–water partition coefficient (Wildman–Crippen LogP) is 2.05. The molecule has 98 valence electrons. The summed E-state index contributed by atoms with van der Waals surface area (Å²) in [5.41, 5.74) is 0.892. The van der Waals surface area contributed by atoms with E-state index in [0.717, 1.165) is 31.0 Å². The van der Waals surface area contributed by atoms with Gasteiger partial charge in [-0.25, -0.2) is 0 Å². The summed E-state index contributed by atoms with van der Waals surface area (Å²) in [5, 5.41) is 7.26. The van der Waals surface area contributed by atoms with Gasteiger partial charge in [0.1, 0.15) is 0 Å². The Balaban J connectivity index is 0.000000810. The highest BCUT2D eigenvalue weighted by molar-refractivity contribution is 5.85. The minimum Gasteiger partial charge on any atom is -0.339 e. The summed E-state index contributed by atoms with van der Waals surface area (Å²) in [4.78, 5) is 8.44. The van der Waals surface area contributed by atoms with Crippen LogP contribution in [-0.2, 0) is 0 Å². The van der Waals surface area contributed by atoms with Crippen molar-refractivity contribution in [1.82, 2.24) is 20.4 Å². The Hall–Kier alpha value is -1.17. The fourth-order valence-electron chi connectivity index (χ4n) is 1.88. The largest absolute Gasteiger partial charge is 0.339 e. The second-order valence-corrected chi connectivity index (χ2v) is 3.89. The quantitative estimate of drug-likeness (QED) is 0.916. The molecule has 1 unspecified atom stereocenters. The smallest absolute Gasteiger partial charge is 0.231 e. The van der Waals surface area contributed by atoms with Crippen molar-refractivity contribution < 1.29 is 4.52 Å². The molecule has 5 nitrogen and oxygen atoms in total. The maximum atomic E-state index is 5.27. The Morgan fingerprint density at radius 1 is 1.33 bits per heavy atom. The van der Waals surface area contributed by atoms with Gasteiger partial charge in [-0.15, -0.1) is 24.8 Å². The van der Waals surface area contributed by atoms with E-state index in [4.69, 9.17) is 4.52 Å². The third-order valence-corrected chi connectivity index (χ3v) is 2.77. The Bertz CT molecular complexity index is 471. The first-order valence-electron chi connectivity index (χ1n) is 5.38. The maximum Gasteiger partial charge on any atom is 0.231 e. The molecular formula is C11H14Cl2N4O. The zero-order chi connectivity index (χ0) is 10.8. The second-order valence-electron chi connectivity index (χ2n) is 3.89. The highest BCUT2D eigenvalue weighted by Gasteiger charge is 2.22. The molecule has 0 aliphatic carbocycles. The minimum atomic E-state index is 0. The number of aromatic nitrogens is 3. The molecule has 1 saturated heterocycles. The summed E-state index contributed by atoms with van der Waals surface area (Å²) >= 11 is 0. The molecule has 1 aliphatic rings. The van der Waals surface area contributed by atoms with E-state index >= 15 is 0 Å². The van der Waals surface area contributed by atoms with Crippen LogP contribution in [-0.4, -0.2) is 28.2 Å². The predicted molar refractivity (Wildman–Crippen MR) is 72.3 cm³/mol. The van der Waals surface area contributed by atoms with E-state index in [1.54, 1.807) is 12.4 Å². The lowest BCUT2D eigenvalue weighted by Gasteiger charge is -1.98. The van der Waals surface area contributed by atoms with Crippen LogP contribution in [0.2, 0.25) is 0 Å². The monoisotopic (exact) mass is 288 g/mol. The zero-order valence-electron chi connectivity index (χ0n) is 9.57. The molecule has 0 radical (unpaired) electrons. The molecule has 0 saturated carbocycles. The molecule has 1 fully saturated rings. The second kappa shape index (κ2) is 6.68. The molecule has 0 bridgehead atoms. The number of hydrogen-bond donors (Lipinski definition) is 1. The van der Waals surface area contributed by atoms with Gasteiger partial charge in [0, 0.05) is 24.5 Å². The van der Waals surface area contributed by atoms with Gasteiger partial charge in [0.2, 0.25) is 11.7 Å². The van der Waals surface area contributed by atoms with E-state index in [1.807, 2.05) is 12.1 Å². The lowest BCUT2D eigenvalue weighted by Crippen LogP contribution is -2.08. The van der Waals surface area contributed by atoms with Crippen LogP contribution < -0.4 is 5.32 Å². The number of nitrogens with zero attached hydrogens (tertiary/aromatic N) is 3. The fraction of sp³-hybridized carbons (Fsp3) is 0.364. The SMILES string of the molecule is Cl.Cl.c1cncc(-c2noc(C3CCNC3)n2)c1. The van der Waals surface area contributed by atoms with Crippen LogP contribution in [0.5, 0.6) is 0 Å². The lowest BCUT2D eigenvalue weighted by atomic mass is 10.1. The molecule has 2 aromatic heterocycles. The first kappa shape index (κ1) is 14.9. The van der Waals surface area contributed by atoms with Crippen LogP contribution in [0, 0.1) is 0 Å². The van der Waals surface area contributed by atoms with Crippen LogP contribution in [0.15, 0.2) is 29.0 Å². The highest BCUT2D eigenvalue weighted by Crippen LogP contribution is 2.23. The standard InChI is InChI=1S/C11H12N4O.2ClH/c1-2-8(6-12-4-1)10-14-11(16-15-10)9-3-5-13-7-9;;/h1-2,4,6,9,13H,3,5,7H2;2*1H. The molecule has 2 aromatic rings. The third kappa shape index (κ3) is 2.98. The van der Waals surface area contributed by atoms with Gasteiger partial charge in [-0.3, -0.25) is 4.98 Å². The van der Waals surface area contributed by atoms with Gasteiger partial charge >= 0.3 is 0 Å². The number of hydrogen-bond acceptors (Lipinski definition) is 5. The number of halogens is 2. The number of pyridine rings is 1. The summed E-state index contributed by atoms with van der Waals surface area (Å²) in [6.07, 6.45) is 4.53. The van der Waals surface area contributed by atoms with Crippen molar-refractivity contribution in [2.75, 3.05) is 13.1 Å². The highest BCUT2D eigenvalue weighted by atomic mass is 35.5. The Morgan fingerprint density at radius 3 is 2.89 bits per heavy atom. The van der Waals surface area contributed by atoms with Gasteiger partial charge in [-0.05, 0) is 25.1 Å². The van der Waals surface area contributed by atoms with Crippen LogP contribution in [0.1, 0.15) is 18.2 Å². The number of nitrogens with one attached hydrogen (secondary N) is 1. The first-order chi connectivity index (χ1) is 7.93. The number of rotatable bonds is 2. The summed E-state index contributed by atoms with van der Waals surface area (Å²) in [6.45, 7) is 1.95. The third-order valence-electron chi connectivity index (χ3n) is 2.77. The molecule has 1 atom stereocenters. The van der Waals surface area contributed by atoms with Gasteiger partial charge in [0.05, 0.1) is 5.92 Å². The average Bonchev–Trinajstić information content (AvgIpc) is 3.01. The van der Waals surface area contributed by atoms with Crippen molar-refractivity contribution in [1.29, 1.82) is 0 Å². The van der Waals surface area contributed by atoms with E-state index in [2.05, 4.69) is 20.4 Å². The van der Waals surface area contributed by atoms with Crippen LogP contribution in [0.25, 0.3) is 11.4 Å². The molecule has 0 aromatic carbocycles. The van der Waals surface area contributed by atoms with E-state index in [9.17, 15) is 0 Å². The topological polar surface area (TPSA) is 63.8 Å². The molecule has 7 heteroatoms. The van der Waals surface area contributed by atoms with Gasteiger partial charge in [0.15, 0.2) is 0 Å². The molecule has 18 heavy (non-hydrogen) atoms. The van der Waals surface area contributed by atoms with Crippen LogP contribution in [0.3, 0.4) is 0 Å². The summed E-state index contributed by atoms with van der Waals surface area (Å²) in [7, 11) is 0. The molecule has 3 rings (SSSR count). The van der Waals surface area contributed by atoms with E-state index < -0.39 is 0 Å². The Labute approximate surface area is 117 Å². The lowest BCUT2D eigenvalue weighted by molar-refractivity contribution is 0.359. The van der Waals surface area contributed by atoms with Gasteiger partial charge in [-0.2, -0.15) is 4.98 Å². The fourth-order valence-corrected chi connectivity index (χ4v) is 1.88. The van der Waals surface area contributed by atoms with Crippen molar-refractivity contribution in [3.8, 4) is 11.4 Å². The zero-order valence-corrected chi connectivity index (χ0v) is 11.2. The van der Waals surface area contributed by atoms with Crippen LogP contribution in [0.4, 0.5) is 0 Å². The van der Waals surface area contributed by atoms with Gasteiger partial charge in [-0.1, -0.05) is 5.16 Å². The van der Waals surface area contributed by atoms with Crippen molar-refractivity contribution in [2.45, 2.75) is 12.3 Å². The molecular weight excluding hydrogens is 275 g/mol. The van der Waals surface area contributed by atoms with E-state index in [-0.39, 0.29) is 24.8 Å². The minimum absolute atomic E-state index is 0. The Kier molecular flexibility index (Phi) is 5.53. The Morgan fingerprint density at radius 2 is 2.22 bits per heavy atom. The summed E-state index contributed by atoms with van der Waals surface area (Å²) in [5.74, 6) is 1.71. The van der Waals surface area contributed by atoms with Crippen molar-refractivity contribution in [3.05, 3.63) is 30.4 Å². The van der Waals surface area contributed by atoms with Gasteiger partial charge in [0.25, 0.3) is 0 Å². The first-order valence-corrected chi connectivity index (χ1v) is 5.38. The molecule has 1 N–H and O–H groups in total. The van der Waals surface area contributed by atoms with E-state index in [1.165, 1.54) is 0 Å². The van der Waals surface area contributed by atoms with E-state index in [0.29, 0.717) is 11.7 Å². The van der Waals surface area contributed by atoms with Crippen LogP contribution >= 0.6 is 24.8 Å². The summed E-state index contributed by atoms with van der Waals surface area (Å²) in [6, 6.07) is 3.79. The van der Waals surface area contributed by atoms with Gasteiger partial charge < -0.3 is 9.84 Å². The molecule has 0 spiro atoms. The van der Waals surface area contributed by atoms with Crippen molar-refractivity contribution in [3.63, 3.8) is 0 Å². The molecule has 0 amide bonds. The van der Waals surface area contributed by atoms with Crippen molar-refractivity contribution in [2.24, 2.45) is 0 Å². The molecule has 3 heterocycles. The molecule has 1 aliphatic heterocycles. The average molecular weight is 289 g/mol. The van der Waals surface area contributed by atoms with Crippen molar-refractivity contribution >= 4 is 24.8 Å². The summed E-state index contributed by atoms with van der Waals surface area (Å²) < 4.78 is 5.27.